The standard InChI is InChI=1S/C14H26N2O2/c1-16-9-12(14(17)18)7-13(10-16)15-8-11-5-3-2-4-6-11/h11-13,15H,2-10H2,1H3,(H,17,18). The molecule has 1 aliphatic heterocycles. The van der Waals surface area contributed by atoms with E-state index in [4.69, 9.17) is 5.11 Å². The third-order valence-corrected chi connectivity index (χ3v) is 4.40. The van der Waals surface area contributed by atoms with Crippen LogP contribution in [0.5, 0.6) is 0 Å². The lowest BCUT2D eigenvalue weighted by Gasteiger charge is -2.35. The molecule has 0 aromatic heterocycles. The molecule has 0 bridgehead atoms. The van der Waals surface area contributed by atoms with Gasteiger partial charge in [0, 0.05) is 19.1 Å². The van der Waals surface area contributed by atoms with E-state index in [1.807, 2.05) is 7.05 Å². The van der Waals surface area contributed by atoms with E-state index in [0.29, 0.717) is 12.6 Å². The first-order valence-electron chi connectivity index (χ1n) is 7.30. The van der Waals surface area contributed by atoms with Crippen molar-refractivity contribution in [3.05, 3.63) is 0 Å². The Morgan fingerprint density at radius 1 is 1.28 bits per heavy atom. The molecular weight excluding hydrogens is 228 g/mol. The zero-order valence-electron chi connectivity index (χ0n) is 11.4. The molecule has 1 saturated heterocycles. The molecule has 4 heteroatoms. The van der Waals surface area contributed by atoms with Crippen molar-refractivity contribution < 1.29 is 9.90 Å². The van der Waals surface area contributed by atoms with Crippen LogP contribution in [0.1, 0.15) is 38.5 Å². The Morgan fingerprint density at radius 2 is 2.00 bits per heavy atom. The molecule has 0 spiro atoms. The monoisotopic (exact) mass is 254 g/mol. The zero-order valence-corrected chi connectivity index (χ0v) is 11.4. The molecule has 18 heavy (non-hydrogen) atoms. The van der Waals surface area contributed by atoms with Crippen molar-refractivity contribution in [2.75, 3.05) is 26.7 Å². The number of nitrogens with zero attached hydrogens (tertiary/aromatic N) is 1. The molecule has 2 aliphatic rings. The van der Waals surface area contributed by atoms with Crippen molar-refractivity contribution in [3.63, 3.8) is 0 Å². The van der Waals surface area contributed by atoms with Gasteiger partial charge in [0.15, 0.2) is 0 Å². The molecule has 2 N–H and O–H groups in total. The van der Waals surface area contributed by atoms with Crippen LogP contribution >= 0.6 is 0 Å². The van der Waals surface area contributed by atoms with Gasteiger partial charge >= 0.3 is 5.97 Å². The van der Waals surface area contributed by atoms with Crippen molar-refractivity contribution in [1.82, 2.24) is 10.2 Å². The highest BCUT2D eigenvalue weighted by Gasteiger charge is 2.29. The molecule has 0 aromatic rings. The number of nitrogens with one attached hydrogen (secondary N) is 1. The van der Waals surface area contributed by atoms with Crippen molar-refractivity contribution in [1.29, 1.82) is 0 Å². The number of likely N-dealkylation sites (tertiary alicyclic amines) is 1. The van der Waals surface area contributed by atoms with E-state index >= 15 is 0 Å². The summed E-state index contributed by atoms with van der Waals surface area (Å²) in [6, 6.07) is 0.353. The molecule has 2 unspecified atom stereocenters. The number of aliphatic carboxylic acids is 1. The van der Waals surface area contributed by atoms with Gasteiger partial charge in [-0.2, -0.15) is 0 Å². The quantitative estimate of drug-likeness (QED) is 0.799. The second kappa shape index (κ2) is 6.53. The van der Waals surface area contributed by atoms with Crippen LogP contribution in [0.2, 0.25) is 0 Å². The van der Waals surface area contributed by atoms with Gasteiger partial charge in [-0.1, -0.05) is 19.3 Å². The molecule has 1 saturated carbocycles. The van der Waals surface area contributed by atoms with Gasteiger partial charge in [0.1, 0.15) is 0 Å². The number of hydrogen-bond acceptors (Lipinski definition) is 3. The highest BCUT2D eigenvalue weighted by Crippen LogP contribution is 2.23. The van der Waals surface area contributed by atoms with Crippen LogP contribution in [-0.4, -0.2) is 48.7 Å². The summed E-state index contributed by atoms with van der Waals surface area (Å²) in [4.78, 5) is 13.2. The van der Waals surface area contributed by atoms with Crippen LogP contribution in [0.25, 0.3) is 0 Å². The van der Waals surface area contributed by atoms with Gasteiger partial charge in [0.25, 0.3) is 0 Å². The Hall–Kier alpha value is -0.610. The van der Waals surface area contributed by atoms with E-state index in [1.54, 1.807) is 0 Å². The van der Waals surface area contributed by atoms with Gasteiger partial charge in [0.05, 0.1) is 5.92 Å². The maximum Gasteiger partial charge on any atom is 0.307 e. The Bertz CT molecular complexity index is 277. The number of carbonyl (C=O) groups is 1. The topological polar surface area (TPSA) is 52.6 Å². The highest BCUT2D eigenvalue weighted by molar-refractivity contribution is 5.70. The van der Waals surface area contributed by atoms with Crippen LogP contribution in [0.3, 0.4) is 0 Å². The van der Waals surface area contributed by atoms with Crippen molar-refractivity contribution in [3.8, 4) is 0 Å². The normalized spacial score (nSPS) is 31.4. The lowest BCUT2D eigenvalue weighted by atomic mass is 9.88. The Balaban J connectivity index is 1.75. The molecule has 0 amide bonds. The fourth-order valence-electron chi connectivity index (χ4n) is 3.37. The minimum atomic E-state index is -0.647. The van der Waals surface area contributed by atoms with Crippen LogP contribution in [0.4, 0.5) is 0 Å². The second-order valence-corrected chi connectivity index (χ2v) is 6.10. The van der Waals surface area contributed by atoms with Gasteiger partial charge in [0.2, 0.25) is 0 Å². The molecule has 4 nitrogen and oxygen atoms in total. The summed E-state index contributed by atoms with van der Waals surface area (Å²) in [5.41, 5.74) is 0. The lowest BCUT2D eigenvalue weighted by Crippen LogP contribution is -2.50. The summed E-state index contributed by atoms with van der Waals surface area (Å²) >= 11 is 0. The minimum absolute atomic E-state index is 0.201. The van der Waals surface area contributed by atoms with E-state index < -0.39 is 5.97 Å². The first-order valence-corrected chi connectivity index (χ1v) is 7.30. The van der Waals surface area contributed by atoms with Gasteiger partial charge < -0.3 is 15.3 Å². The van der Waals surface area contributed by atoms with Gasteiger partial charge in [-0.15, -0.1) is 0 Å². The fraction of sp³-hybridized carbons (Fsp3) is 0.929. The van der Waals surface area contributed by atoms with Crippen molar-refractivity contribution in [2.45, 2.75) is 44.6 Å². The number of carboxylic acids is 1. The molecule has 1 aliphatic carbocycles. The minimum Gasteiger partial charge on any atom is -0.481 e. The third-order valence-electron chi connectivity index (χ3n) is 4.40. The lowest BCUT2D eigenvalue weighted by molar-refractivity contribution is -0.143. The summed E-state index contributed by atoms with van der Waals surface area (Å²) in [6.07, 6.45) is 7.61. The molecule has 2 fully saturated rings. The molecule has 104 valence electrons. The third kappa shape index (κ3) is 3.95. The summed E-state index contributed by atoms with van der Waals surface area (Å²) in [6.45, 7) is 2.75. The maximum atomic E-state index is 11.1. The van der Waals surface area contributed by atoms with Gasteiger partial charge in [-0.3, -0.25) is 4.79 Å². The predicted octanol–water partition coefficient (Wildman–Crippen LogP) is 1.56. The van der Waals surface area contributed by atoms with Crippen LogP contribution in [0.15, 0.2) is 0 Å². The zero-order chi connectivity index (χ0) is 13.0. The molecular formula is C14H26N2O2. The fourth-order valence-corrected chi connectivity index (χ4v) is 3.37. The van der Waals surface area contributed by atoms with E-state index in [-0.39, 0.29) is 5.92 Å². The largest absolute Gasteiger partial charge is 0.481 e. The summed E-state index contributed by atoms with van der Waals surface area (Å²) < 4.78 is 0. The smallest absolute Gasteiger partial charge is 0.307 e. The number of likely N-dealkylation sites (N-methyl/N-ethyl adjacent to an activating group) is 1. The SMILES string of the molecule is CN1CC(NCC2CCCCC2)CC(C(=O)O)C1. The second-order valence-electron chi connectivity index (χ2n) is 6.10. The van der Waals surface area contributed by atoms with Crippen LogP contribution in [0, 0.1) is 11.8 Å². The predicted molar refractivity (Wildman–Crippen MR) is 71.6 cm³/mol. The number of carboxylic acid groups (broad SMARTS) is 1. The highest BCUT2D eigenvalue weighted by atomic mass is 16.4. The van der Waals surface area contributed by atoms with Crippen molar-refractivity contribution >= 4 is 5.97 Å². The van der Waals surface area contributed by atoms with Gasteiger partial charge in [-0.25, -0.2) is 0 Å². The molecule has 0 aromatic carbocycles. The first-order chi connectivity index (χ1) is 8.65. The number of hydrogen-bond donors (Lipinski definition) is 2. The van der Waals surface area contributed by atoms with Crippen LogP contribution in [-0.2, 0) is 4.79 Å². The van der Waals surface area contributed by atoms with Crippen molar-refractivity contribution in [2.24, 2.45) is 11.8 Å². The summed E-state index contributed by atoms with van der Waals surface area (Å²) in [5, 5.41) is 12.7. The molecule has 2 rings (SSSR count). The number of rotatable bonds is 4. The Morgan fingerprint density at radius 3 is 2.67 bits per heavy atom. The molecule has 1 heterocycles. The Kier molecular flexibility index (Phi) is 5.01. The summed E-state index contributed by atoms with van der Waals surface area (Å²) in [7, 11) is 2.02. The molecule has 2 atom stereocenters. The van der Waals surface area contributed by atoms with E-state index in [0.717, 1.165) is 25.4 Å². The average molecular weight is 254 g/mol. The number of piperidine rings is 1. The average Bonchev–Trinajstić information content (AvgIpc) is 2.37. The molecule has 0 radical (unpaired) electrons. The van der Waals surface area contributed by atoms with E-state index in [2.05, 4.69) is 10.2 Å². The maximum absolute atomic E-state index is 11.1. The van der Waals surface area contributed by atoms with Crippen LogP contribution < -0.4 is 5.32 Å². The Labute approximate surface area is 110 Å². The van der Waals surface area contributed by atoms with Gasteiger partial charge in [-0.05, 0) is 38.8 Å². The summed E-state index contributed by atoms with van der Waals surface area (Å²) in [5.74, 6) is -0.0344. The first kappa shape index (κ1) is 13.8. The van der Waals surface area contributed by atoms with E-state index in [9.17, 15) is 4.79 Å². The van der Waals surface area contributed by atoms with E-state index in [1.165, 1.54) is 32.1 Å².